The van der Waals surface area contributed by atoms with E-state index in [1.54, 1.807) is 41.3 Å². The topological polar surface area (TPSA) is 50.8 Å². The van der Waals surface area contributed by atoms with Gasteiger partial charge in [-0.05, 0) is 42.0 Å². The van der Waals surface area contributed by atoms with Crippen molar-refractivity contribution in [1.82, 2.24) is 4.90 Å². The second-order valence-electron chi connectivity index (χ2n) is 6.85. The number of hydrogen-bond acceptors (Lipinski definition) is 4. The summed E-state index contributed by atoms with van der Waals surface area (Å²) >= 11 is 6.33. The Kier molecular flexibility index (Phi) is 4.28. The Bertz CT molecular complexity index is 1100. The highest BCUT2D eigenvalue weighted by Gasteiger charge is 2.35. The number of nitrogens with zero attached hydrogens (tertiary/aromatic N) is 1. The van der Waals surface area contributed by atoms with E-state index in [-0.39, 0.29) is 29.8 Å². The number of halogens is 2. The van der Waals surface area contributed by atoms with Crippen LogP contribution in [0.1, 0.15) is 27.7 Å². The molecule has 0 aliphatic carbocycles. The van der Waals surface area contributed by atoms with Gasteiger partial charge < -0.3 is 19.7 Å². The molecule has 1 unspecified atom stereocenters. The van der Waals surface area contributed by atoms with Crippen molar-refractivity contribution in [3.63, 3.8) is 0 Å². The Balaban J connectivity index is 1.58. The number of anilines is 1. The van der Waals surface area contributed by atoms with Crippen LogP contribution >= 0.6 is 11.6 Å². The third-order valence-electron chi connectivity index (χ3n) is 5.09. The molecule has 2 heterocycles. The monoisotopic (exact) mass is 410 g/mol. The zero-order valence-corrected chi connectivity index (χ0v) is 15.9. The van der Waals surface area contributed by atoms with Crippen molar-refractivity contribution in [3.8, 4) is 11.5 Å². The fraction of sp³-hybridized carbons (Fsp3) is 0.136. The zero-order chi connectivity index (χ0) is 20.0. The maximum absolute atomic E-state index is 14.7. The van der Waals surface area contributed by atoms with Crippen molar-refractivity contribution >= 4 is 23.2 Å². The summed E-state index contributed by atoms with van der Waals surface area (Å²) in [6.45, 7) is 0.413. The molecule has 2 aliphatic rings. The van der Waals surface area contributed by atoms with Crippen LogP contribution in [0.3, 0.4) is 0 Å². The molecule has 3 aromatic rings. The summed E-state index contributed by atoms with van der Waals surface area (Å²) in [7, 11) is 0. The van der Waals surface area contributed by atoms with Crippen molar-refractivity contribution in [2.24, 2.45) is 0 Å². The number of ether oxygens (including phenoxy) is 2. The minimum absolute atomic E-state index is 0.170. The standard InChI is InChI=1S/C22H16ClFN2O3/c23-15-5-3-6-16(24)20(15)21-25-17-7-2-1-4-14(17)22(27)26(21)11-13-8-9-18-19(10-13)29-12-28-18/h1-10,21,25H,11-12H2. The number of fused-ring (bicyclic) bond motifs is 2. The van der Waals surface area contributed by atoms with Gasteiger partial charge in [0.15, 0.2) is 11.5 Å². The zero-order valence-electron chi connectivity index (χ0n) is 15.2. The van der Waals surface area contributed by atoms with E-state index in [2.05, 4.69) is 5.32 Å². The molecule has 0 saturated carbocycles. The normalized spacial score (nSPS) is 17.1. The number of carbonyl (C=O) groups excluding carboxylic acids is 1. The number of nitrogens with one attached hydrogen (secondary N) is 1. The average Bonchev–Trinajstić information content (AvgIpc) is 3.18. The van der Waals surface area contributed by atoms with Crippen LogP contribution in [0.5, 0.6) is 11.5 Å². The molecule has 0 bridgehead atoms. The third kappa shape index (κ3) is 3.06. The van der Waals surface area contributed by atoms with Gasteiger partial charge in [0.25, 0.3) is 5.91 Å². The second kappa shape index (κ2) is 6.97. The molecule has 0 fully saturated rings. The molecule has 1 amide bonds. The van der Waals surface area contributed by atoms with E-state index >= 15 is 0 Å². The van der Waals surface area contributed by atoms with Gasteiger partial charge in [-0.15, -0.1) is 0 Å². The van der Waals surface area contributed by atoms with E-state index in [9.17, 15) is 9.18 Å². The van der Waals surface area contributed by atoms with Gasteiger partial charge in [-0.3, -0.25) is 4.79 Å². The first kappa shape index (κ1) is 17.8. The van der Waals surface area contributed by atoms with Crippen molar-refractivity contribution in [3.05, 3.63) is 88.2 Å². The van der Waals surface area contributed by atoms with Crippen molar-refractivity contribution in [2.45, 2.75) is 12.7 Å². The molecule has 146 valence electrons. The Morgan fingerprint density at radius 2 is 1.90 bits per heavy atom. The fourth-order valence-corrected chi connectivity index (χ4v) is 3.96. The van der Waals surface area contributed by atoms with Crippen molar-refractivity contribution < 1.29 is 18.7 Å². The van der Waals surface area contributed by atoms with E-state index in [1.165, 1.54) is 6.07 Å². The smallest absolute Gasteiger partial charge is 0.258 e. The summed E-state index contributed by atoms with van der Waals surface area (Å²) < 4.78 is 25.5. The molecule has 5 nitrogen and oxygen atoms in total. The highest BCUT2D eigenvalue weighted by Crippen LogP contribution is 2.39. The minimum Gasteiger partial charge on any atom is -0.454 e. The van der Waals surface area contributed by atoms with Crippen LogP contribution in [-0.4, -0.2) is 17.6 Å². The molecule has 3 aromatic carbocycles. The molecule has 7 heteroatoms. The van der Waals surface area contributed by atoms with Crippen molar-refractivity contribution in [2.75, 3.05) is 12.1 Å². The van der Waals surface area contributed by atoms with E-state index in [4.69, 9.17) is 21.1 Å². The maximum Gasteiger partial charge on any atom is 0.258 e. The highest BCUT2D eigenvalue weighted by atomic mass is 35.5. The summed E-state index contributed by atoms with van der Waals surface area (Å²) in [6, 6.07) is 17.2. The predicted octanol–water partition coefficient (Wildman–Crippen LogP) is 4.97. The second-order valence-corrected chi connectivity index (χ2v) is 7.26. The lowest BCUT2D eigenvalue weighted by atomic mass is 10.0. The molecule has 0 radical (unpaired) electrons. The quantitative estimate of drug-likeness (QED) is 0.662. The van der Waals surface area contributed by atoms with Gasteiger partial charge in [0, 0.05) is 17.8 Å². The largest absolute Gasteiger partial charge is 0.454 e. The first-order valence-electron chi connectivity index (χ1n) is 9.11. The molecule has 1 N–H and O–H groups in total. The van der Waals surface area contributed by atoms with Gasteiger partial charge in [-0.2, -0.15) is 0 Å². The summed E-state index contributed by atoms with van der Waals surface area (Å²) in [5, 5.41) is 3.53. The van der Waals surface area contributed by atoms with E-state index in [0.29, 0.717) is 22.7 Å². The number of hydrogen-bond donors (Lipinski definition) is 1. The maximum atomic E-state index is 14.7. The van der Waals surface area contributed by atoms with E-state index in [0.717, 1.165) is 5.56 Å². The summed E-state index contributed by atoms with van der Waals surface area (Å²) in [5.41, 5.74) is 2.24. The van der Waals surface area contributed by atoms with Gasteiger partial charge in [0.2, 0.25) is 6.79 Å². The molecule has 29 heavy (non-hydrogen) atoms. The lowest BCUT2D eigenvalue weighted by Gasteiger charge is -2.38. The van der Waals surface area contributed by atoms with Gasteiger partial charge >= 0.3 is 0 Å². The number of amides is 1. The van der Waals surface area contributed by atoms with E-state index in [1.807, 2.05) is 18.2 Å². The van der Waals surface area contributed by atoms with Crippen LogP contribution in [0.15, 0.2) is 60.7 Å². The Labute approximate surface area is 171 Å². The third-order valence-corrected chi connectivity index (χ3v) is 5.41. The molecule has 5 rings (SSSR count). The van der Waals surface area contributed by atoms with Crippen LogP contribution in [0.4, 0.5) is 10.1 Å². The Morgan fingerprint density at radius 3 is 2.76 bits per heavy atom. The minimum atomic E-state index is -0.753. The van der Waals surface area contributed by atoms with Crippen molar-refractivity contribution in [1.29, 1.82) is 0 Å². The first-order chi connectivity index (χ1) is 14.1. The summed E-state index contributed by atoms with van der Waals surface area (Å²) in [5.74, 6) is 0.607. The van der Waals surface area contributed by atoms with E-state index < -0.39 is 12.0 Å². The Morgan fingerprint density at radius 1 is 1.07 bits per heavy atom. The lowest BCUT2D eigenvalue weighted by Crippen LogP contribution is -2.43. The van der Waals surface area contributed by atoms with Crippen LogP contribution in [0.2, 0.25) is 5.02 Å². The molecule has 1 atom stereocenters. The number of benzene rings is 3. The molecule has 2 aliphatic heterocycles. The van der Waals surface area contributed by atoms with Crippen LogP contribution in [-0.2, 0) is 6.54 Å². The molecular weight excluding hydrogens is 395 g/mol. The van der Waals surface area contributed by atoms with Crippen LogP contribution in [0.25, 0.3) is 0 Å². The molecular formula is C22H16ClFN2O3. The van der Waals surface area contributed by atoms with Gasteiger partial charge in [0.1, 0.15) is 12.0 Å². The van der Waals surface area contributed by atoms with Gasteiger partial charge in [0.05, 0.1) is 10.6 Å². The SMILES string of the molecule is O=C1c2ccccc2NC(c2c(F)cccc2Cl)N1Cc1ccc2c(c1)OCO2. The predicted molar refractivity (Wildman–Crippen MR) is 107 cm³/mol. The number of rotatable bonds is 3. The van der Waals surface area contributed by atoms with Crippen LogP contribution in [0, 0.1) is 5.82 Å². The Hall–Kier alpha value is -3.25. The lowest BCUT2D eigenvalue weighted by molar-refractivity contribution is 0.0663. The van der Waals surface area contributed by atoms with Crippen LogP contribution < -0.4 is 14.8 Å². The molecule has 0 aromatic heterocycles. The van der Waals surface area contributed by atoms with Gasteiger partial charge in [-0.25, -0.2) is 4.39 Å². The first-order valence-corrected chi connectivity index (χ1v) is 9.48. The summed E-state index contributed by atoms with van der Waals surface area (Å²) in [6.07, 6.45) is -0.753. The molecule has 0 spiro atoms. The fourth-order valence-electron chi connectivity index (χ4n) is 3.69. The van der Waals surface area contributed by atoms with Gasteiger partial charge in [-0.1, -0.05) is 35.9 Å². The molecule has 0 saturated heterocycles. The highest BCUT2D eigenvalue weighted by molar-refractivity contribution is 6.31. The average molecular weight is 411 g/mol. The summed E-state index contributed by atoms with van der Waals surface area (Å²) in [4.78, 5) is 14.9. The number of para-hydroxylation sites is 1. The number of carbonyl (C=O) groups is 1.